The van der Waals surface area contributed by atoms with Gasteiger partial charge in [0.2, 0.25) is 0 Å². The van der Waals surface area contributed by atoms with Gasteiger partial charge in [0.25, 0.3) is 0 Å². The van der Waals surface area contributed by atoms with Gasteiger partial charge in [0.1, 0.15) is 0 Å². The van der Waals surface area contributed by atoms with E-state index in [1.54, 1.807) is 0 Å². The molecule has 0 aromatic carbocycles. The molecule has 16 heavy (non-hydrogen) atoms. The van der Waals surface area contributed by atoms with Crippen LogP contribution in [0.4, 0.5) is 0 Å². The van der Waals surface area contributed by atoms with Crippen LogP contribution in [0.3, 0.4) is 0 Å². The van der Waals surface area contributed by atoms with Crippen molar-refractivity contribution < 1.29 is 0 Å². The maximum atomic E-state index is 6.04. The molecule has 1 atom stereocenters. The Morgan fingerprint density at radius 2 is 2.25 bits per heavy atom. The molecule has 1 aliphatic carbocycles. The third-order valence-corrected chi connectivity index (χ3v) is 4.46. The van der Waals surface area contributed by atoms with E-state index in [1.807, 2.05) is 11.3 Å². The van der Waals surface area contributed by atoms with Crippen LogP contribution in [0.5, 0.6) is 0 Å². The molecule has 0 bridgehead atoms. The smallest absolute Gasteiger partial charge is 0.0959 e. The molecule has 90 valence electrons. The summed E-state index contributed by atoms with van der Waals surface area (Å²) in [5.74, 6) is 0.751. The molecule has 0 aliphatic heterocycles. The van der Waals surface area contributed by atoms with Crippen LogP contribution in [-0.4, -0.2) is 11.0 Å². The zero-order valence-electron chi connectivity index (χ0n) is 10.1. The fraction of sp³-hybridized carbons (Fsp3) is 0.769. The fourth-order valence-electron chi connectivity index (χ4n) is 2.52. The maximum absolute atomic E-state index is 6.04. The van der Waals surface area contributed by atoms with Gasteiger partial charge in [-0.1, -0.05) is 26.2 Å². The number of hydrogen-bond donors (Lipinski definition) is 1. The summed E-state index contributed by atoms with van der Waals surface area (Å²) in [6, 6.07) is 0.295. The van der Waals surface area contributed by atoms with E-state index in [9.17, 15) is 0 Å². The van der Waals surface area contributed by atoms with E-state index in [2.05, 4.69) is 12.3 Å². The van der Waals surface area contributed by atoms with Crippen LogP contribution in [0.15, 0.2) is 5.38 Å². The molecule has 1 aromatic heterocycles. The summed E-state index contributed by atoms with van der Waals surface area (Å²) in [5, 5.41) is 3.57. The second-order valence-corrected chi connectivity index (χ2v) is 5.80. The Balaban J connectivity index is 1.91. The molecule has 2 N–H and O–H groups in total. The molecule has 1 fully saturated rings. The number of nitrogens with zero attached hydrogens (tertiary/aromatic N) is 1. The zero-order chi connectivity index (χ0) is 11.4. The third-order valence-electron chi connectivity index (χ3n) is 3.40. The molecule has 1 unspecified atom stereocenters. The zero-order valence-corrected chi connectivity index (χ0v) is 10.9. The van der Waals surface area contributed by atoms with Crippen molar-refractivity contribution in [2.45, 2.75) is 63.8 Å². The summed E-state index contributed by atoms with van der Waals surface area (Å²) in [7, 11) is 0. The molecular formula is C13H22N2S. The predicted octanol–water partition coefficient (Wildman–Crippen LogP) is 3.47. The van der Waals surface area contributed by atoms with Gasteiger partial charge in [0.15, 0.2) is 0 Å². The Labute approximate surface area is 102 Å². The highest BCUT2D eigenvalue weighted by Gasteiger charge is 2.20. The van der Waals surface area contributed by atoms with Gasteiger partial charge in [-0.2, -0.15) is 0 Å². The van der Waals surface area contributed by atoms with E-state index in [1.165, 1.54) is 42.8 Å². The highest BCUT2D eigenvalue weighted by atomic mass is 32.1. The van der Waals surface area contributed by atoms with Crippen LogP contribution in [0.2, 0.25) is 0 Å². The predicted molar refractivity (Wildman–Crippen MR) is 69.9 cm³/mol. The van der Waals surface area contributed by atoms with Crippen molar-refractivity contribution in [1.82, 2.24) is 4.98 Å². The summed E-state index contributed by atoms with van der Waals surface area (Å²) >= 11 is 1.84. The molecular weight excluding hydrogens is 216 g/mol. The van der Waals surface area contributed by atoms with E-state index in [-0.39, 0.29) is 0 Å². The molecule has 1 aromatic rings. The van der Waals surface area contributed by atoms with Gasteiger partial charge in [-0.05, 0) is 19.3 Å². The van der Waals surface area contributed by atoms with Gasteiger partial charge in [-0.3, -0.25) is 0 Å². The highest BCUT2D eigenvalue weighted by molar-refractivity contribution is 7.09. The minimum atomic E-state index is 0.295. The number of rotatable bonds is 5. The minimum Gasteiger partial charge on any atom is -0.327 e. The Morgan fingerprint density at radius 3 is 2.94 bits per heavy atom. The first-order valence-electron chi connectivity index (χ1n) is 6.49. The second kappa shape index (κ2) is 5.78. The molecule has 3 heteroatoms. The van der Waals surface area contributed by atoms with E-state index in [4.69, 9.17) is 10.7 Å². The summed E-state index contributed by atoms with van der Waals surface area (Å²) in [6.45, 7) is 2.19. The molecule has 2 rings (SSSR count). The molecule has 0 radical (unpaired) electrons. The largest absolute Gasteiger partial charge is 0.327 e. The van der Waals surface area contributed by atoms with Crippen LogP contribution in [-0.2, 0) is 6.42 Å². The number of nitrogens with two attached hydrogens (primary N) is 1. The fourth-order valence-corrected chi connectivity index (χ4v) is 3.52. The lowest BCUT2D eigenvalue weighted by Crippen LogP contribution is -2.22. The van der Waals surface area contributed by atoms with Crippen molar-refractivity contribution in [3.63, 3.8) is 0 Å². The molecule has 0 amide bonds. The van der Waals surface area contributed by atoms with E-state index < -0.39 is 0 Å². The lowest BCUT2D eigenvalue weighted by atomic mass is 10.1. The summed E-state index contributed by atoms with van der Waals surface area (Å²) in [5.41, 5.74) is 7.26. The Bertz CT molecular complexity index is 315. The normalized spacial score (nSPS) is 19.1. The number of thiazole rings is 1. The monoisotopic (exact) mass is 238 g/mol. The van der Waals surface area contributed by atoms with Crippen LogP contribution in [0, 0.1) is 0 Å². The molecule has 0 spiro atoms. The van der Waals surface area contributed by atoms with Crippen molar-refractivity contribution in [2.24, 2.45) is 5.73 Å². The average molecular weight is 238 g/mol. The number of hydrogen-bond acceptors (Lipinski definition) is 3. The van der Waals surface area contributed by atoms with Crippen molar-refractivity contribution in [2.75, 3.05) is 0 Å². The minimum absolute atomic E-state index is 0.295. The van der Waals surface area contributed by atoms with Gasteiger partial charge >= 0.3 is 0 Å². The first-order valence-corrected chi connectivity index (χ1v) is 7.37. The first kappa shape index (κ1) is 12.1. The van der Waals surface area contributed by atoms with Gasteiger partial charge < -0.3 is 5.73 Å². The summed E-state index contributed by atoms with van der Waals surface area (Å²) in [4.78, 5) is 4.75. The van der Waals surface area contributed by atoms with Crippen molar-refractivity contribution >= 4 is 11.3 Å². The van der Waals surface area contributed by atoms with Crippen LogP contribution < -0.4 is 5.73 Å². The quantitative estimate of drug-likeness (QED) is 0.853. The number of aromatic nitrogens is 1. The summed E-state index contributed by atoms with van der Waals surface area (Å²) < 4.78 is 0. The van der Waals surface area contributed by atoms with Crippen LogP contribution in [0.25, 0.3) is 0 Å². The first-order chi connectivity index (χ1) is 7.79. The van der Waals surface area contributed by atoms with Crippen molar-refractivity contribution in [3.05, 3.63) is 16.1 Å². The average Bonchev–Trinajstić information content (AvgIpc) is 2.86. The van der Waals surface area contributed by atoms with E-state index >= 15 is 0 Å². The third kappa shape index (κ3) is 3.05. The Hall–Kier alpha value is -0.410. The van der Waals surface area contributed by atoms with Crippen molar-refractivity contribution in [1.29, 1.82) is 0 Å². The Kier molecular flexibility index (Phi) is 4.36. The second-order valence-electron chi connectivity index (χ2n) is 4.91. The highest BCUT2D eigenvalue weighted by Crippen LogP contribution is 2.35. The lowest BCUT2D eigenvalue weighted by Gasteiger charge is -2.07. The van der Waals surface area contributed by atoms with Gasteiger partial charge in [-0.15, -0.1) is 11.3 Å². The standard InChI is InChI=1S/C13H22N2S/c1-2-5-11(14)8-12-9-16-13(15-12)10-6-3-4-7-10/h9-11H,2-8,14H2,1H3. The maximum Gasteiger partial charge on any atom is 0.0959 e. The van der Waals surface area contributed by atoms with Crippen LogP contribution >= 0.6 is 11.3 Å². The summed E-state index contributed by atoms with van der Waals surface area (Å²) in [6.07, 6.45) is 8.68. The van der Waals surface area contributed by atoms with E-state index in [0.29, 0.717) is 6.04 Å². The molecule has 0 saturated heterocycles. The van der Waals surface area contributed by atoms with Crippen molar-refractivity contribution in [3.8, 4) is 0 Å². The molecule has 1 aliphatic rings. The topological polar surface area (TPSA) is 38.9 Å². The molecule has 2 nitrogen and oxygen atoms in total. The SMILES string of the molecule is CCCC(N)Cc1csc(C2CCCC2)n1. The van der Waals surface area contributed by atoms with E-state index in [0.717, 1.165) is 18.8 Å². The van der Waals surface area contributed by atoms with Gasteiger partial charge in [0.05, 0.1) is 10.7 Å². The Morgan fingerprint density at radius 1 is 1.50 bits per heavy atom. The van der Waals surface area contributed by atoms with Gasteiger partial charge in [0, 0.05) is 23.8 Å². The lowest BCUT2D eigenvalue weighted by molar-refractivity contribution is 0.592. The molecule has 1 heterocycles. The molecule has 1 saturated carbocycles. The van der Waals surface area contributed by atoms with Gasteiger partial charge in [-0.25, -0.2) is 4.98 Å². The van der Waals surface area contributed by atoms with Crippen LogP contribution in [0.1, 0.15) is 62.1 Å².